The molecule has 1 aliphatic heterocycles. The van der Waals surface area contributed by atoms with Gasteiger partial charge in [0.25, 0.3) is 0 Å². The van der Waals surface area contributed by atoms with Crippen molar-refractivity contribution >= 4 is 11.8 Å². The Morgan fingerprint density at radius 2 is 1.79 bits per heavy atom. The smallest absolute Gasteiger partial charge is 0.313 e. The first kappa shape index (κ1) is 15.9. The number of carbonyl (C=O) groups is 2. The molecule has 6 nitrogen and oxygen atoms in total. The largest absolute Gasteiger partial charge is 0.488 e. The van der Waals surface area contributed by atoms with E-state index < -0.39 is 11.8 Å². The number of hydrogen-bond donors (Lipinski definition) is 0. The quantitative estimate of drug-likeness (QED) is 0.461. The fraction of sp³-hybridized carbons (Fsp3) is 0.222. The monoisotopic (exact) mass is 328 g/mol. The van der Waals surface area contributed by atoms with Gasteiger partial charge in [0.05, 0.1) is 12.7 Å². The van der Waals surface area contributed by atoms with Gasteiger partial charge in [-0.1, -0.05) is 30.3 Å². The van der Waals surface area contributed by atoms with Gasteiger partial charge < -0.3 is 18.9 Å². The third-order valence-corrected chi connectivity index (χ3v) is 3.54. The molecular weight excluding hydrogens is 312 g/mol. The zero-order valence-corrected chi connectivity index (χ0v) is 13.1. The average Bonchev–Trinajstić information content (AvgIpc) is 3.07. The summed E-state index contributed by atoms with van der Waals surface area (Å²) in [5.41, 5.74) is 1.22. The van der Waals surface area contributed by atoms with Crippen LogP contribution in [0, 0.1) is 0 Å². The summed E-state index contributed by atoms with van der Waals surface area (Å²) in [6.45, 7) is 0.376. The Morgan fingerprint density at radius 1 is 1.08 bits per heavy atom. The maximum atomic E-state index is 12.4. The van der Waals surface area contributed by atoms with Crippen LogP contribution in [0.3, 0.4) is 0 Å². The Labute approximate surface area is 138 Å². The van der Waals surface area contributed by atoms with Gasteiger partial charge in [-0.05, 0) is 11.6 Å². The minimum atomic E-state index is -0.605. The summed E-state index contributed by atoms with van der Waals surface area (Å²) in [6, 6.07) is 12.7. The van der Waals surface area contributed by atoms with Gasteiger partial charge in [0.15, 0.2) is 17.3 Å². The fourth-order valence-electron chi connectivity index (χ4n) is 2.29. The van der Waals surface area contributed by atoms with E-state index in [-0.39, 0.29) is 18.8 Å². The van der Waals surface area contributed by atoms with Crippen LogP contribution in [-0.4, -0.2) is 25.7 Å². The summed E-state index contributed by atoms with van der Waals surface area (Å²) in [6.07, 6.45) is -0.363. The second-order valence-corrected chi connectivity index (χ2v) is 5.15. The molecule has 124 valence electrons. The number of ether oxygens (including phenoxy) is 4. The van der Waals surface area contributed by atoms with Crippen molar-refractivity contribution in [1.82, 2.24) is 0 Å². The van der Waals surface area contributed by atoms with Crippen molar-refractivity contribution < 1.29 is 28.5 Å². The number of fused-ring (bicyclic) bond motifs is 1. The topological polar surface area (TPSA) is 71.1 Å². The predicted octanol–water partition coefficient (Wildman–Crippen LogP) is 2.74. The summed E-state index contributed by atoms with van der Waals surface area (Å²) in [7, 11) is 1.24. The highest BCUT2D eigenvalue weighted by Crippen LogP contribution is 2.39. The molecule has 0 amide bonds. The summed E-state index contributed by atoms with van der Waals surface area (Å²) in [4.78, 5) is 23.7. The van der Waals surface area contributed by atoms with Crippen LogP contribution in [0.4, 0.5) is 0 Å². The van der Waals surface area contributed by atoms with E-state index in [9.17, 15) is 9.59 Å². The van der Waals surface area contributed by atoms with Crippen molar-refractivity contribution in [3.05, 3.63) is 53.6 Å². The van der Waals surface area contributed by atoms with E-state index >= 15 is 0 Å². The van der Waals surface area contributed by atoms with Gasteiger partial charge in [-0.15, -0.1) is 0 Å². The van der Waals surface area contributed by atoms with Crippen LogP contribution in [0.5, 0.6) is 17.2 Å². The minimum Gasteiger partial charge on any atom is -0.488 e. The van der Waals surface area contributed by atoms with E-state index in [4.69, 9.17) is 14.2 Å². The normalized spacial score (nSPS) is 11.9. The second-order valence-electron chi connectivity index (χ2n) is 5.15. The predicted molar refractivity (Wildman–Crippen MR) is 84.3 cm³/mol. The highest BCUT2D eigenvalue weighted by atomic mass is 16.7. The molecular formula is C18H16O6. The lowest BCUT2D eigenvalue weighted by atomic mass is 10.1. The maximum absolute atomic E-state index is 12.4. The lowest BCUT2D eigenvalue weighted by Crippen LogP contribution is -2.11. The number of benzene rings is 2. The third-order valence-electron chi connectivity index (χ3n) is 3.54. The van der Waals surface area contributed by atoms with Crippen molar-refractivity contribution in [1.29, 1.82) is 0 Å². The van der Waals surface area contributed by atoms with E-state index in [0.717, 1.165) is 5.56 Å². The Hall–Kier alpha value is -3.02. The van der Waals surface area contributed by atoms with E-state index in [1.165, 1.54) is 13.2 Å². The van der Waals surface area contributed by atoms with Crippen molar-refractivity contribution in [2.45, 2.75) is 13.0 Å². The van der Waals surface area contributed by atoms with E-state index in [0.29, 0.717) is 23.9 Å². The van der Waals surface area contributed by atoms with Crippen LogP contribution in [0.25, 0.3) is 0 Å². The Balaban J connectivity index is 1.85. The lowest BCUT2D eigenvalue weighted by Gasteiger charge is -2.12. The van der Waals surface area contributed by atoms with Crippen molar-refractivity contribution in [2.24, 2.45) is 0 Å². The molecule has 6 heteroatoms. The lowest BCUT2D eigenvalue weighted by molar-refractivity contribution is -0.139. The molecule has 0 aliphatic carbocycles. The minimum absolute atomic E-state index is 0.0854. The zero-order valence-electron chi connectivity index (χ0n) is 13.1. The number of carbonyl (C=O) groups excluding carboxylic acids is 2. The SMILES string of the molecule is COC(=O)CC(=O)c1cc2c(cc1OCc1ccccc1)OCO2. The molecule has 2 aromatic carbocycles. The number of hydrogen-bond acceptors (Lipinski definition) is 6. The van der Waals surface area contributed by atoms with Gasteiger partial charge in [-0.25, -0.2) is 0 Å². The van der Waals surface area contributed by atoms with Crippen LogP contribution in [-0.2, 0) is 16.1 Å². The van der Waals surface area contributed by atoms with Crippen LogP contribution in [0.15, 0.2) is 42.5 Å². The van der Waals surface area contributed by atoms with Gasteiger partial charge in [0.1, 0.15) is 18.8 Å². The number of rotatable bonds is 6. The Morgan fingerprint density at radius 3 is 2.50 bits per heavy atom. The highest BCUT2D eigenvalue weighted by Gasteiger charge is 2.23. The van der Waals surface area contributed by atoms with Crippen LogP contribution in [0.1, 0.15) is 22.3 Å². The average molecular weight is 328 g/mol. The summed E-state index contributed by atoms with van der Waals surface area (Å²) in [5.74, 6) is 0.301. The first-order valence-corrected chi connectivity index (χ1v) is 7.38. The maximum Gasteiger partial charge on any atom is 0.313 e. The Kier molecular flexibility index (Phi) is 4.65. The van der Waals surface area contributed by atoms with Gasteiger partial charge in [0, 0.05) is 6.07 Å². The van der Waals surface area contributed by atoms with E-state index in [1.54, 1.807) is 6.07 Å². The third kappa shape index (κ3) is 3.48. The first-order chi connectivity index (χ1) is 11.7. The summed E-state index contributed by atoms with van der Waals surface area (Å²) >= 11 is 0. The second kappa shape index (κ2) is 7.04. The Bertz CT molecular complexity index is 754. The van der Waals surface area contributed by atoms with E-state index in [2.05, 4.69) is 4.74 Å². The van der Waals surface area contributed by atoms with Gasteiger partial charge in [-0.3, -0.25) is 9.59 Å². The van der Waals surface area contributed by atoms with Crippen molar-refractivity contribution in [3.63, 3.8) is 0 Å². The fourth-order valence-corrected chi connectivity index (χ4v) is 2.29. The van der Waals surface area contributed by atoms with Crippen LogP contribution in [0.2, 0.25) is 0 Å². The molecule has 1 heterocycles. The molecule has 0 fully saturated rings. The molecule has 0 unspecified atom stereocenters. The number of methoxy groups -OCH3 is 1. The van der Waals surface area contributed by atoms with Crippen molar-refractivity contribution in [3.8, 4) is 17.2 Å². The zero-order chi connectivity index (χ0) is 16.9. The summed E-state index contributed by atoms with van der Waals surface area (Å²) < 4.78 is 20.9. The molecule has 0 N–H and O–H groups in total. The molecule has 0 saturated heterocycles. The molecule has 0 atom stereocenters. The number of Topliss-reactive ketones (excluding diaryl/α,β-unsaturated/α-hetero) is 1. The van der Waals surface area contributed by atoms with E-state index in [1.807, 2.05) is 30.3 Å². The van der Waals surface area contributed by atoms with Gasteiger partial charge in [-0.2, -0.15) is 0 Å². The molecule has 0 spiro atoms. The van der Waals surface area contributed by atoms with Gasteiger partial charge >= 0.3 is 5.97 Å². The van der Waals surface area contributed by atoms with Gasteiger partial charge in [0.2, 0.25) is 6.79 Å². The molecule has 0 aromatic heterocycles. The standard InChI is InChI=1S/C18H16O6/c1-21-18(20)8-14(19)13-7-16-17(24-11-23-16)9-15(13)22-10-12-5-3-2-4-6-12/h2-7,9H,8,10-11H2,1H3. The summed E-state index contributed by atoms with van der Waals surface area (Å²) in [5, 5.41) is 0. The van der Waals surface area contributed by atoms with Crippen LogP contribution >= 0.6 is 0 Å². The highest BCUT2D eigenvalue weighted by molar-refractivity contribution is 6.08. The molecule has 0 bridgehead atoms. The molecule has 0 radical (unpaired) electrons. The molecule has 2 aromatic rings. The molecule has 3 rings (SSSR count). The molecule has 24 heavy (non-hydrogen) atoms. The van der Waals surface area contributed by atoms with Crippen molar-refractivity contribution in [2.75, 3.05) is 13.9 Å². The molecule has 1 aliphatic rings. The number of esters is 1. The first-order valence-electron chi connectivity index (χ1n) is 7.38. The van der Waals surface area contributed by atoms with Crippen LogP contribution < -0.4 is 14.2 Å². The number of ketones is 1. The molecule has 0 saturated carbocycles.